The van der Waals surface area contributed by atoms with Crippen molar-refractivity contribution < 1.29 is 19.2 Å². The lowest BCUT2D eigenvalue weighted by Gasteiger charge is -2.25. The van der Waals surface area contributed by atoms with Crippen LogP contribution in [0, 0.1) is 26.2 Å². The van der Waals surface area contributed by atoms with E-state index in [1.54, 1.807) is 33.0 Å². The summed E-state index contributed by atoms with van der Waals surface area (Å²) >= 11 is 12.0. The molecule has 266 valence electrons. The molecule has 0 aliphatic heterocycles. The number of nitrogens with two attached hydrogens (primary N) is 1. The molecule has 0 unspecified atom stereocenters. The number of benzene rings is 1. The third-order valence-electron chi connectivity index (χ3n) is 8.30. The maximum absolute atomic E-state index is 13.3. The molecular formula is C34H42Cl2N10O4. The molecule has 4 rings (SSSR count). The number of aromatic amines is 3. The topological polar surface area (TPSA) is 217 Å². The third-order valence-corrected chi connectivity index (χ3v) is 8.64. The van der Waals surface area contributed by atoms with E-state index in [0.29, 0.717) is 70.6 Å². The number of aromatic nitrogens is 3. The summed E-state index contributed by atoms with van der Waals surface area (Å²) in [5.41, 5.74) is 11.3. The molecule has 4 aromatic rings. The van der Waals surface area contributed by atoms with Crippen LogP contribution in [0.25, 0.3) is 0 Å². The Balaban J connectivity index is 1.41. The van der Waals surface area contributed by atoms with E-state index >= 15 is 0 Å². The van der Waals surface area contributed by atoms with Gasteiger partial charge in [0.2, 0.25) is 0 Å². The molecule has 0 saturated carbocycles. The minimum Gasteiger partial charge on any atom is -0.388 e. The second-order valence-electron chi connectivity index (χ2n) is 11.6. The Bertz CT molecular complexity index is 1890. The van der Waals surface area contributed by atoms with Crippen molar-refractivity contribution in [1.82, 2.24) is 20.3 Å². The molecule has 4 amide bonds. The van der Waals surface area contributed by atoms with Gasteiger partial charge in [-0.25, -0.2) is 0 Å². The van der Waals surface area contributed by atoms with Crippen molar-refractivity contribution >= 4 is 75.4 Å². The number of rotatable bonds is 16. The Labute approximate surface area is 299 Å². The average Bonchev–Trinajstić information content (AvgIpc) is 3.76. The van der Waals surface area contributed by atoms with Gasteiger partial charge in [-0.3, -0.25) is 24.6 Å². The van der Waals surface area contributed by atoms with Crippen molar-refractivity contribution in [3.63, 3.8) is 0 Å². The molecule has 3 heterocycles. The van der Waals surface area contributed by atoms with Gasteiger partial charge in [-0.05, 0) is 51.0 Å². The van der Waals surface area contributed by atoms with Crippen LogP contribution in [0.2, 0.25) is 0 Å². The fourth-order valence-corrected chi connectivity index (χ4v) is 5.83. The molecular weight excluding hydrogens is 683 g/mol. The quantitative estimate of drug-likeness (QED) is 0.0426. The Kier molecular flexibility index (Phi) is 12.7. The lowest BCUT2D eigenvalue weighted by molar-refractivity contribution is 0.0947. The number of amides is 4. The zero-order valence-electron chi connectivity index (χ0n) is 28.3. The highest BCUT2D eigenvalue weighted by Crippen LogP contribution is 2.27. The van der Waals surface area contributed by atoms with Gasteiger partial charge in [0.25, 0.3) is 23.6 Å². The lowest BCUT2D eigenvalue weighted by atomic mass is 10.0. The number of aryl methyl sites for hydroxylation is 1. The molecule has 0 aliphatic carbocycles. The van der Waals surface area contributed by atoms with Gasteiger partial charge >= 0.3 is 0 Å². The normalized spacial score (nSPS) is 10.8. The van der Waals surface area contributed by atoms with E-state index in [2.05, 4.69) is 41.1 Å². The van der Waals surface area contributed by atoms with Gasteiger partial charge in [-0.2, -0.15) is 0 Å². The van der Waals surface area contributed by atoms with Crippen LogP contribution in [0.5, 0.6) is 0 Å². The highest BCUT2D eigenvalue weighted by molar-refractivity contribution is 6.18. The van der Waals surface area contributed by atoms with Gasteiger partial charge in [0, 0.05) is 84.3 Å². The Morgan fingerprint density at radius 3 is 1.66 bits per heavy atom. The summed E-state index contributed by atoms with van der Waals surface area (Å²) in [6, 6.07) is 5.51. The van der Waals surface area contributed by atoms with E-state index < -0.39 is 11.8 Å². The van der Waals surface area contributed by atoms with Gasteiger partial charge in [0.15, 0.2) is 0 Å². The molecule has 14 nitrogen and oxygen atoms in total. The Morgan fingerprint density at radius 2 is 1.22 bits per heavy atom. The summed E-state index contributed by atoms with van der Waals surface area (Å²) in [7, 11) is 0. The number of carbonyl (C=O) groups excluding carboxylic acids is 4. The molecule has 0 atom stereocenters. The first-order valence-electron chi connectivity index (χ1n) is 16.0. The number of anilines is 4. The lowest BCUT2D eigenvalue weighted by Crippen LogP contribution is -2.28. The summed E-state index contributed by atoms with van der Waals surface area (Å²) in [6.45, 7) is 8.60. The summed E-state index contributed by atoms with van der Waals surface area (Å²) in [5, 5.41) is 18.4. The van der Waals surface area contributed by atoms with Gasteiger partial charge in [-0.15, -0.1) is 23.2 Å². The smallest absolute Gasteiger partial charge is 0.272 e. The number of amidine groups is 1. The van der Waals surface area contributed by atoms with Gasteiger partial charge in [-0.1, -0.05) is 6.92 Å². The number of hydrogen-bond donors (Lipinski definition) is 9. The van der Waals surface area contributed by atoms with Crippen LogP contribution in [-0.2, 0) is 6.42 Å². The largest absolute Gasteiger partial charge is 0.388 e. The number of nitrogens with zero attached hydrogens (tertiary/aromatic N) is 1. The van der Waals surface area contributed by atoms with Crippen LogP contribution in [0.4, 0.5) is 22.7 Å². The van der Waals surface area contributed by atoms with Crippen LogP contribution in [0.1, 0.15) is 77.4 Å². The molecule has 0 spiro atoms. The third kappa shape index (κ3) is 8.68. The molecule has 1 aromatic carbocycles. The van der Waals surface area contributed by atoms with E-state index in [0.717, 1.165) is 11.3 Å². The molecule has 50 heavy (non-hydrogen) atoms. The van der Waals surface area contributed by atoms with E-state index in [-0.39, 0.29) is 47.7 Å². The second-order valence-corrected chi connectivity index (χ2v) is 12.3. The van der Waals surface area contributed by atoms with Crippen molar-refractivity contribution in [3.05, 3.63) is 81.7 Å². The van der Waals surface area contributed by atoms with E-state index in [4.69, 9.17) is 34.3 Å². The first kappa shape index (κ1) is 37.6. The molecule has 0 fully saturated rings. The molecule has 0 radical (unpaired) electrons. The maximum Gasteiger partial charge on any atom is 0.272 e. The number of hydrogen-bond acceptors (Lipinski definition) is 6. The van der Waals surface area contributed by atoms with Crippen LogP contribution >= 0.6 is 23.2 Å². The molecule has 0 aliphatic rings. The Morgan fingerprint density at radius 1 is 0.760 bits per heavy atom. The average molecular weight is 726 g/mol. The fourth-order valence-electron chi connectivity index (χ4n) is 5.42. The van der Waals surface area contributed by atoms with E-state index in [1.807, 2.05) is 19.1 Å². The molecule has 0 bridgehead atoms. The zero-order valence-corrected chi connectivity index (χ0v) is 29.8. The first-order chi connectivity index (χ1) is 23.9. The van der Waals surface area contributed by atoms with Crippen molar-refractivity contribution in [2.45, 2.75) is 40.5 Å². The zero-order chi connectivity index (χ0) is 36.5. The minimum absolute atomic E-state index is 0.0341. The summed E-state index contributed by atoms with van der Waals surface area (Å²) < 4.78 is 0. The molecule has 0 saturated heterocycles. The monoisotopic (exact) mass is 724 g/mol. The predicted molar refractivity (Wildman–Crippen MR) is 199 cm³/mol. The van der Waals surface area contributed by atoms with Crippen LogP contribution < -0.4 is 31.9 Å². The van der Waals surface area contributed by atoms with Gasteiger partial charge in [0.1, 0.15) is 17.1 Å². The number of halogens is 2. The van der Waals surface area contributed by atoms with Gasteiger partial charge in [0.05, 0.1) is 22.9 Å². The Hall–Kier alpha value is -5.21. The number of H-pyrrole nitrogens is 3. The molecule has 10 N–H and O–H groups in total. The van der Waals surface area contributed by atoms with Crippen molar-refractivity contribution in [1.29, 1.82) is 5.41 Å². The number of nitrogens with one attached hydrogen (secondary N) is 8. The second kappa shape index (κ2) is 16.9. The standard InChI is InChI=1S/C34H42Cl2N10O4/c1-5-21-14-22(6-7-26(21)46(12-9-35)13-10-36)31(47)43-23-15-41-29(19(23)3)33(49)45-25-17-42-30(20(25)4)34(50)44-24-16-40-28(18(24)2)32(48)39-11-8-27(37)38/h6-7,14-17,40-42H,5,8-13H2,1-4H3,(H3,37,38)(H,39,48)(H,43,47)(H,44,50)(H,45,49). The predicted octanol–water partition coefficient (Wildman–Crippen LogP) is 5.26. The maximum atomic E-state index is 13.3. The first-order valence-corrected chi connectivity index (χ1v) is 17.1. The van der Waals surface area contributed by atoms with E-state index in [1.165, 1.54) is 12.4 Å². The number of carbonyl (C=O) groups is 4. The van der Waals surface area contributed by atoms with E-state index in [9.17, 15) is 19.2 Å². The summed E-state index contributed by atoms with van der Waals surface area (Å²) in [5.74, 6) is -0.775. The van der Waals surface area contributed by atoms with Crippen molar-refractivity contribution in [2.24, 2.45) is 5.73 Å². The van der Waals surface area contributed by atoms with Crippen LogP contribution in [0.3, 0.4) is 0 Å². The fraction of sp³-hybridized carbons (Fsp3) is 0.324. The van der Waals surface area contributed by atoms with Crippen LogP contribution in [-0.4, -0.2) is 75.8 Å². The summed E-state index contributed by atoms with van der Waals surface area (Å²) in [4.78, 5) is 63.0. The molecule has 3 aromatic heterocycles. The minimum atomic E-state index is -0.472. The highest BCUT2D eigenvalue weighted by atomic mass is 35.5. The van der Waals surface area contributed by atoms with Crippen molar-refractivity contribution in [2.75, 3.05) is 52.2 Å². The van der Waals surface area contributed by atoms with Crippen molar-refractivity contribution in [3.8, 4) is 0 Å². The summed E-state index contributed by atoms with van der Waals surface area (Å²) in [6.07, 6.45) is 5.51. The SMILES string of the molecule is CCc1cc(C(=O)Nc2c[nH]c(C(=O)Nc3c[nH]c(C(=O)Nc4c[nH]c(C(=O)NCCC(=N)N)c4C)c3C)c2C)ccc1N(CCCl)CCCl. The highest BCUT2D eigenvalue weighted by Gasteiger charge is 2.22. The number of alkyl halides is 2. The van der Waals surface area contributed by atoms with Crippen LogP contribution in [0.15, 0.2) is 36.8 Å². The molecule has 16 heteroatoms. The van der Waals surface area contributed by atoms with Gasteiger partial charge < -0.3 is 46.9 Å².